The molecule has 0 saturated carbocycles. The smallest absolute Gasteiger partial charge is 0.248 e. The SMILES string of the molecule is COc1cc(Nc2ncc(F)c(Nc3ccc4c(c3)N(C)C(=O)C(C)(C)S4(=O)=O)n2)cc(O)c1OC. The summed E-state index contributed by atoms with van der Waals surface area (Å²) in [6.45, 7) is 2.72. The summed E-state index contributed by atoms with van der Waals surface area (Å²) in [5, 5.41) is 15.8. The Bertz CT molecular complexity index is 1480. The lowest BCUT2D eigenvalue weighted by atomic mass is 10.1. The number of hydrogen-bond acceptors (Lipinski definition) is 10. The van der Waals surface area contributed by atoms with Crippen molar-refractivity contribution < 1.29 is 32.2 Å². The number of sulfone groups is 1. The van der Waals surface area contributed by atoms with E-state index >= 15 is 0 Å². The Morgan fingerprint density at radius 3 is 2.47 bits per heavy atom. The minimum atomic E-state index is -3.92. The molecule has 4 rings (SSSR count). The molecule has 13 heteroatoms. The van der Waals surface area contributed by atoms with Crippen molar-refractivity contribution in [2.45, 2.75) is 23.5 Å². The maximum atomic E-state index is 14.5. The summed E-state index contributed by atoms with van der Waals surface area (Å²) in [5.41, 5.74) is 0.818. The van der Waals surface area contributed by atoms with E-state index in [0.29, 0.717) is 11.4 Å². The molecule has 1 aliphatic heterocycles. The number of rotatable bonds is 6. The molecule has 0 spiro atoms. The van der Waals surface area contributed by atoms with Crippen LogP contribution < -0.4 is 25.0 Å². The lowest BCUT2D eigenvalue weighted by Crippen LogP contribution is -2.52. The molecule has 3 N–H and O–H groups in total. The predicted octanol–water partition coefficient (Wildman–Crippen LogP) is 3.35. The second kappa shape index (κ2) is 8.82. The summed E-state index contributed by atoms with van der Waals surface area (Å²) in [6.07, 6.45) is 0.944. The Morgan fingerprint density at radius 2 is 1.81 bits per heavy atom. The maximum Gasteiger partial charge on any atom is 0.248 e. The zero-order chi connectivity index (χ0) is 26.4. The van der Waals surface area contributed by atoms with Gasteiger partial charge in [0.15, 0.2) is 33.0 Å². The number of halogens is 1. The van der Waals surface area contributed by atoms with Crippen LogP contribution in [0.4, 0.5) is 33.2 Å². The van der Waals surface area contributed by atoms with Crippen LogP contribution in [0.1, 0.15) is 13.8 Å². The van der Waals surface area contributed by atoms with Crippen LogP contribution in [0.5, 0.6) is 17.2 Å². The zero-order valence-corrected chi connectivity index (χ0v) is 20.9. The van der Waals surface area contributed by atoms with Gasteiger partial charge in [0, 0.05) is 30.6 Å². The summed E-state index contributed by atoms with van der Waals surface area (Å²) in [6, 6.07) is 7.15. The Hall–Kier alpha value is -4.13. The highest BCUT2D eigenvalue weighted by atomic mass is 32.2. The number of aromatic hydroxyl groups is 1. The molecule has 0 fully saturated rings. The first kappa shape index (κ1) is 25.0. The van der Waals surface area contributed by atoms with Gasteiger partial charge in [-0.2, -0.15) is 4.98 Å². The Balaban J connectivity index is 1.65. The molecule has 1 aromatic heterocycles. The summed E-state index contributed by atoms with van der Waals surface area (Å²) in [5.74, 6) is -1.34. The lowest BCUT2D eigenvalue weighted by Gasteiger charge is -2.36. The average Bonchev–Trinajstić information content (AvgIpc) is 2.83. The number of amides is 1. The molecular weight excluding hydrogens is 493 g/mol. The molecule has 0 unspecified atom stereocenters. The molecule has 1 amide bonds. The van der Waals surface area contributed by atoms with Crippen LogP contribution in [-0.2, 0) is 14.6 Å². The molecule has 1 aliphatic rings. The van der Waals surface area contributed by atoms with Crippen molar-refractivity contribution in [1.82, 2.24) is 9.97 Å². The van der Waals surface area contributed by atoms with Crippen molar-refractivity contribution in [2.75, 3.05) is 36.8 Å². The van der Waals surface area contributed by atoms with Crippen molar-refractivity contribution in [3.8, 4) is 17.2 Å². The molecule has 11 nitrogen and oxygen atoms in total. The second-order valence-corrected chi connectivity index (χ2v) is 10.9. The van der Waals surface area contributed by atoms with Gasteiger partial charge in [0.25, 0.3) is 0 Å². The lowest BCUT2D eigenvalue weighted by molar-refractivity contribution is -0.120. The van der Waals surface area contributed by atoms with E-state index in [1.807, 2.05) is 0 Å². The number of nitrogens with one attached hydrogen (secondary N) is 2. The van der Waals surface area contributed by atoms with E-state index < -0.39 is 26.3 Å². The monoisotopic (exact) mass is 517 g/mol. The van der Waals surface area contributed by atoms with E-state index in [2.05, 4.69) is 20.6 Å². The third kappa shape index (κ3) is 4.00. The fourth-order valence-electron chi connectivity index (χ4n) is 3.78. The fourth-order valence-corrected chi connectivity index (χ4v) is 5.42. The quantitative estimate of drug-likeness (QED) is 0.445. The van der Waals surface area contributed by atoms with Gasteiger partial charge in [0.05, 0.1) is 31.0 Å². The van der Waals surface area contributed by atoms with Crippen LogP contribution in [0, 0.1) is 5.82 Å². The van der Waals surface area contributed by atoms with E-state index in [1.165, 1.54) is 70.3 Å². The van der Waals surface area contributed by atoms with Gasteiger partial charge in [-0.05, 0) is 32.0 Å². The molecule has 0 atom stereocenters. The van der Waals surface area contributed by atoms with Crippen LogP contribution >= 0.6 is 0 Å². The molecule has 36 heavy (non-hydrogen) atoms. The van der Waals surface area contributed by atoms with Crippen molar-refractivity contribution >= 4 is 44.6 Å². The Morgan fingerprint density at radius 1 is 1.08 bits per heavy atom. The zero-order valence-electron chi connectivity index (χ0n) is 20.1. The number of hydrogen-bond donors (Lipinski definition) is 3. The molecule has 190 valence electrons. The van der Waals surface area contributed by atoms with Gasteiger partial charge in [-0.25, -0.2) is 17.8 Å². The van der Waals surface area contributed by atoms with Crippen LogP contribution in [0.15, 0.2) is 41.4 Å². The molecular formula is C23H24FN5O6S. The molecule has 0 radical (unpaired) electrons. The number of carbonyl (C=O) groups excluding carboxylic acids is 1. The minimum Gasteiger partial charge on any atom is -0.504 e. The van der Waals surface area contributed by atoms with Gasteiger partial charge in [-0.15, -0.1) is 0 Å². The van der Waals surface area contributed by atoms with Gasteiger partial charge in [-0.1, -0.05) is 0 Å². The van der Waals surface area contributed by atoms with Gasteiger partial charge in [0.1, 0.15) is 4.75 Å². The van der Waals surface area contributed by atoms with Crippen LogP contribution in [0.2, 0.25) is 0 Å². The van der Waals surface area contributed by atoms with Gasteiger partial charge in [0.2, 0.25) is 17.6 Å². The predicted molar refractivity (Wildman–Crippen MR) is 131 cm³/mol. The van der Waals surface area contributed by atoms with E-state index in [4.69, 9.17) is 9.47 Å². The van der Waals surface area contributed by atoms with Gasteiger partial charge in [-0.3, -0.25) is 4.79 Å². The molecule has 0 saturated heterocycles. The third-order valence-corrected chi connectivity index (χ3v) is 8.27. The number of benzene rings is 2. The molecule has 0 bridgehead atoms. The standard InChI is InChI=1S/C23H24FN5O6S/c1-23(2)21(31)29(3)15-8-12(6-7-18(15)36(23,32)33)26-20-14(24)11-25-22(28-20)27-13-9-16(30)19(35-5)17(10-13)34-4/h6-11,30H,1-5H3,(H2,25,26,27,28). The van der Waals surface area contributed by atoms with Crippen molar-refractivity contribution in [1.29, 1.82) is 0 Å². The highest BCUT2D eigenvalue weighted by molar-refractivity contribution is 7.94. The summed E-state index contributed by atoms with van der Waals surface area (Å²) >= 11 is 0. The molecule has 2 aromatic carbocycles. The van der Waals surface area contributed by atoms with E-state index in [-0.39, 0.29) is 39.6 Å². The first-order valence-electron chi connectivity index (χ1n) is 10.6. The third-order valence-electron chi connectivity index (χ3n) is 5.82. The number of aromatic nitrogens is 2. The van der Waals surface area contributed by atoms with Crippen molar-refractivity contribution in [2.24, 2.45) is 0 Å². The number of nitrogens with zero attached hydrogens (tertiary/aromatic N) is 3. The first-order valence-corrected chi connectivity index (χ1v) is 12.1. The number of phenolic OH excluding ortho intramolecular Hbond substituents is 1. The highest BCUT2D eigenvalue weighted by Gasteiger charge is 2.50. The normalized spacial score (nSPS) is 15.7. The van der Waals surface area contributed by atoms with Crippen LogP contribution in [-0.4, -0.2) is 55.4 Å². The van der Waals surface area contributed by atoms with Crippen molar-refractivity contribution in [3.63, 3.8) is 0 Å². The topological polar surface area (TPSA) is 143 Å². The largest absolute Gasteiger partial charge is 0.504 e. The summed E-state index contributed by atoms with van der Waals surface area (Å²) < 4.78 is 49.1. The molecule has 2 heterocycles. The van der Waals surface area contributed by atoms with E-state index in [1.54, 1.807) is 0 Å². The maximum absolute atomic E-state index is 14.5. The van der Waals surface area contributed by atoms with Gasteiger partial charge >= 0.3 is 0 Å². The van der Waals surface area contributed by atoms with Crippen molar-refractivity contribution in [3.05, 3.63) is 42.3 Å². The molecule has 0 aliphatic carbocycles. The van der Waals surface area contributed by atoms with Gasteiger partial charge < -0.3 is 30.1 Å². The van der Waals surface area contributed by atoms with E-state index in [0.717, 1.165) is 6.20 Å². The average molecular weight is 518 g/mol. The Labute approximate surface area is 206 Å². The first-order chi connectivity index (χ1) is 16.9. The number of phenols is 1. The number of fused-ring (bicyclic) bond motifs is 1. The van der Waals surface area contributed by atoms with E-state index in [9.17, 15) is 22.7 Å². The van der Waals surface area contributed by atoms with Crippen LogP contribution in [0.25, 0.3) is 0 Å². The summed E-state index contributed by atoms with van der Waals surface area (Å²) in [7, 11) is 0.351. The minimum absolute atomic E-state index is 0.0000955. The summed E-state index contributed by atoms with van der Waals surface area (Å²) in [4.78, 5) is 22.0. The number of anilines is 5. The molecule has 3 aromatic rings. The number of carbonyl (C=O) groups is 1. The fraction of sp³-hybridized carbons (Fsp3) is 0.261. The second-order valence-electron chi connectivity index (χ2n) is 8.43. The Kier molecular flexibility index (Phi) is 6.12. The number of ether oxygens (including phenoxy) is 2. The van der Waals surface area contributed by atoms with Crippen LogP contribution in [0.3, 0.4) is 0 Å². The highest BCUT2D eigenvalue weighted by Crippen LogP contribution is 2.41. The number of methoxy groups -OCH3 is 2.